The second-order valence-corrected chi connectivity index (χ2v) is 7.59. The fourth-order valence-electron chi connectivity index (χ4n) is 4.77. The third kappa shape index (κ3) is 3.55. The Balaban J connectivity index is 1.62. The molecule has 2 atom stereocenters. The minimum atomic E-state index is -0.344. The predicted octanol–water partition coefficient (Wildman–Crippen LogP) is 3.97. The molecule has 2 saturated heterocycles. The Bertz CT molecular complexity index is 790. The van der Waals surface area contributed by atoms with Crippen molar-refractivity contribution in [3.63, 3.8) is 0 Å². The van der Waals surface area contributed by atoms with Gasteiger partial charge in [-0.2, -0.15) is 0 Å². The Morgan fingerprint density at radius 1 is 1.07 bits per heavy atom. The lowest BCUT2D eigenvalue weighted by molar-refractivity contribution is 0.0521. The van der Waals surface area contributed by atoms with Crippen molar-refractivity contribution in [1.82, 2.24) is 14.5 Å². The minimum absolute atomic E-state index is 0.344. The summed E-state index contributed by atoms with van der Waals surface area (Å²) in [5.74, 6) is 1.81. The Morgan fingerprint density at radius 3 is 2.67 bits per heavy atom. The number of hydrogen-bond donors (Lipinski definition) is 0. The summed E-state index contributed by atoms with van der Waals surface area (Å²) in [6, 6.07) is 3.70. The molecule has 4 rings (SSSR count). The number of piperidine rings is 2. The van der Waals surface area contributed by atoms with Gasteiger partial charge in [-0.15, -0.1) is 0 Å². The standard InChI is InChI=1S/C21H28FN3O2/c1-26-19-12-16(17(22)13-20(19)27-2)21-23-8-11-25(21)14-15-6-5-10-24-9-4-3-7-18(15)24/h8,11-13,15,18H,3-7,9-10,14H2,1-2H3/t15-,18+/m0/s1. The van der Waals surface area contributed by atoms with Crippen LogP contribution in [0.5, 0.6) is 11.5 Å². The molecule has 2 aromatic rings. The average molecular weight is 373 g/mol. The zero-order chi connectivity index (χ0) is 18.8. The molecule has 1 aromatic carbocycles. The molecule has 3 heterocycles. The van der Waals surface area contributed by atoms with Crippen LogP contribution in [0.3, 0.4) is 0 Å². The zero-order valence-corrected chi connectivity index (χ0v) is 16.2. The number of fused-ring (bicyclic) bond motifs is 1. The number of halogens is 1. The molecule has 146 valence electrons. The molecule has 0 N–H and O–H groups in total. The van der Waals surface area contributed by atoms with Crippen molar-refractivity contribution in [3.8, 4) is 22.9 Å². The number of aromatic nitrogens is 2. The summed E-state index contributed by atoms with van der Waals surface area (Å²) in [5, 5.41) is 0. The summed E-state index contributed by atoms with van der Waals surface area (Å²) >= 11 is 0. The largest absolute Gasteiger partial charge is 0.493 e. The topological polar surface area (TPSA) is 39.5 Å². The van der Waals surface area contributed by atoms with Crippen LogP contribution in [0.4, 0.5) is 4.39 Å². The summed E-state index contributed by atoms with van der Waals surface area (Å²) in [6.45, 7) is 3.33. The molecule has 0 aliphatic carbocycles. The monoisotopic (exact) mass is 373 g/mol. The SMILES string of the molecule is COc1cc(F)c(-c2nccn2C[C@@H]2CCCN3CCCC[C@H]23)cc1OC. The first-order valence-electron chi connectivity index (χ1n) is 9.88. The summed E-state index contributed by atoms with van der Waals surface area (Å²) in [5.41, 5.74) is 0.453. The van der Waals surface area contributed by atoms with E-state index in [1.54, 1.807) is 19.4 Å². The van der Waals surface area contributed by atoms with E-state index in [4.69, 9.17) is 9.47 Å². The van der Waals surface area contributed by atoms with Crippen LogP contribution in [-0.4, -0.2) is 47.8 Å². The number of ether oxygens (including phenoxy) is 2. The van der Waals surface area contributed by atoms with E-state index in [2.05, 4.69) is 14.5 Å². The highest BCUT2D eigenvalue weighted by Crippen LogP contribution is 2.36. The fraction of sp³-hybridized carbons (Fsp3) is 0.571. The highest BCUT2D eigenvalue weighted by atomic mass is 19.1. The molecule has 5 nitrogen and oxygen atoms in total. The van der Waals surface area contributed by atoms with Crippen molar-refractivity contribution < 1.29 is 13.9 Å². The van der Waals surface area contributed by atoms with Crippen LogP contribution in [0.2, 0.25) is 0 Å². The average Bonchev–Trinajstić information content (AvgIpc) is 3.16. The highest BCUT2D eigenvalue weighted by Gasteiger charge is 2.33. The number of rotatable bonds is 5. The van der Waals surface area contributed by atoms with Crippen molar-refractivity contribution in [2.75, 3.05) is 27.3 Å². The van der Waals surface area contributed by atoms with Crippen LogP contribution in [0.25, 0.3) is 11.4 Å². The van der Waals surface area contributed by atoms with E-state index >= 15 is 0 Å². The van der Waals surface area contributed by atoms with E-state index < -0.39 is 0 Å². The molecule has 0 bridgehead atoms. The molecular weight excluding hydrogens is 345 g/mol. The second kappa shape index (κ2) is 7.89. The van der Waals surface area contributed by atoms with Crippen molar-refractivity contribution >= 4 is 0 Å². The summed E-state index contributed by atoms with van der Waals surface area (Å²) in [4.78, 5) is 7.12. The van der Waals surface area contributed by atoms with E-state index in [9.17, 15) is 4.39 Å². The van der Waals surface area contributed by atoms with E-state index in [0.29, 0.717) is 34.8 Å². The minimum Gasteiger partial charge on any atom is -0.493 e. The Morgan fingerprint density at radius 2 is 1.85 bits per heavy atom. The van der Waals surface area contributed by atoms with Crippen LogP contribution in [0, 0.1) is 11.7 Å². The maximum Gasteiger partial charge on any atom is 0.163 e. The van der Waals surface area contributed by atoms with E-state index in [0.717, 1.165) is 6.54 Å². The van der Waals surface area contributed by atoms with Crippen LogP contribution in [-0.2, 0) is 6.54 Å². The smallest absolute Gasteiger partial charge is 0.163 e. The number of hydrogen-bond acceptors (Lipinski definition) is 4. The molecule has 0 radical (unpaired) electrons. The Kier molecular flexibility index (Phi) is 5.34. The van der Waals surface area contributed by atoms with Gasteiger partial charge in [0.2, 0.25) is 0 Å². The van der Waals surface area contributed by atoms with Crippen LogP contribution >= 0.6 is 0 Å². The molecule has 2 fully saturated rings. The molecule has 1 aromatic heterocycles. The molecule has 2 aliphatic rings. The number of benzene rings is 1. The summed E-state index contributed by atoms with van der Waals surface area (Å²) in [6.07, 6.45) is 10.1. The number of nitrogens with zero attached hydrogens (tertiary/aromatic N) is 3. The van der Waals surface area contributed by atoms with Gasteiger partial charge < -0.3 is 18.9 Å². The Hall–Kier alpha value is -2.08. The van der Waals surface area contributed by atoms with Gasteiger partial charge in [-0.1, -0.05) is 6.42 Å². The summed E-state index contributed by atoms with van der Waals surface area (Å²) in [7, 11) is 3.07. The first-order chi connectivity index (χ1) is 13.2. The van der Waals surface area contributed by atoms with Gasteiger partial charge in [0.25, 0.3) is 0 Å². The van der Waals surface area contributed by atoms with Gasteiger partial charge in [-0.25, -0.2) is 9.37 Å². The molecule has 2 aliphatic heterocycles. The zero-order valence-electron chi connectivity index (χ0n) is 16.2. The van der Waals surface area contributed by atoms with Crippen molar-refractivity contribution in [3.05, 3.63) is 30.3 Å². The van der Waals surface area contributed by atoms with Gasteiger partial charge in [0.05, 0.1) is 19.8 Å². The van der Waals surface area contributed by atoms with Gasteiger partial charge in [0, 0.05) is 31.0 Å². The van der Waals surface area contributed by atoms with E-state index in [1.165, 1.54) is 58.4 Å². The third-order valence-corrected chi connectivity index (χ3v) is 6.09. The lowest BCUT2D eigenvalue weighted by Gasteiger charge is -2.44. The normalized spacial score (nSPS) is 23.1. The molecule has 0 unspecified atom stereocenters. The van der Waals surface area contributed by atoms with Gasteiger partial charge in [0.1, 0.15) is 11.6 Å². The predicted molar refractivity (Wildman–Crippen MR) is 103 cm³/mol. The van der Waals surface area contributed by atoms with Gasteiger partial charge >= 0.3 is 0 Å². The van der Waals surface area contributed by atoms with Crippen LogP contribution in [0.15, 0.2) is 24.5 Å². The van der Waals surface area contributed by atoms with Gasteiger partial charge in [0.15, 0.2) is 11.5 Å². The Labute approximate surface area is 160 Å². The van der Waals surface area contributed by atoms with Crippen molar-refractivity contribution in [2.45, 2.75) is 44.7 Å². The third-order valence-electron chi connectivity index (χ3n) is 6.09. The molecule has 0 saturated carbocycles. The second-order valence-electron chi connectivity index (χ2n) is 7.59. The first-order valence-corrected chi connectivity index (χ1v) is 9.88. The van der Waals surface area contributed by atoms with Gasteiger partial charge in [-0.3, -0.25) is 0 Å². The number of imidazole rings is 1. The van der Waals surface area contributed by atoms with Crippen LogP contribution in [0.1, 0.15) is 32.1 Å². The lowest BCUT2D eigenvalue weighted by atomic mass is 9.83. The maximum atomic E-state index is 14.7. The van der Waals surface area contributed by atoms with E-state index in [-0.39, 0.29) is 5.82 Å². The van der Waals surface area contributed by atoms with Crippen LogP contribution < -0.4 is 9.47 Å². The molecule has 0 spiro atoms. The molecule has 27 heavy (non-hydrogen) atoms. The number of methoxy groups -OCH3 is 2. The van der Waals surface area contributed by atoms with Crippen molar-refractivity contribution in [2.24, 2.45) is 5.92 Å². The van der Waals surface area contributed by atoms with E-state index in [1.807, 2.05) is 6.20 Å². The molecular formula is C21H28FN3O2. The highest BCUT2D eigenvalue weighted by molar-refractivity contribution is 5.62. The quantitative estimate of drug-likeness (QED) is 0.795. The molecule has 0 amide bonds. The fourth-order valence-corrected chi connectivity index (χ4v) is 4.77. The summed E-state index contributed by atoms with van der Waals surface area (Å²) < 4.78 is 27.4. The lowest BCUT2D eigenvalue weighted by Crippen LogP contribution is -2.49. The maximum absolute atomic E-state index is 14.7. The first kappa shape index (κ1) is 18.3. The van der Waals surface area contributed by atoms with Crippen molar-refractivity contribution in [1.29, 1.82) is 0 Å². The van der Waals surface area contributed by atoms with Gasteiger partial charge in [-0.05, 0) is 50.8 Å². The molecule has 6 heteroatoms.